The van der Waals surface area contributed by atoms with E-state index in [9.17, 15) is 19.4 Å². The van der Waals surface area contributed by atoms with Crippen molar-refractivity contribution in [2.24, 2.45) is 0 Å². The molecule has 0 aromatic heterocycles. The number of carbonyl (C=O) groups excluding carboxylic acids is 1. The number of unbranched alkanes of at least 4 members (excludes halogenated alkanes) is 26. The first-order valence-electron chi connectivity index (χ1n) is 26.2. The Kier molecular flexibility index (Phi) is 44.1. The smallest absolute Gasteiger partial charge is 0.387 e. The number of nitrogens with zero attached hydrogens (tertiary/aromatic N) is 1. The third-order valence-corrected chi connectivity index (χ3v) is 12.5. The summed E-state index contributed by atoms with van der Waals surface area (Å²) in [5.41, 5.74) is 0. The first kappa shape index (κ1) is 61.2. The molecular weight excluding hydrogens is 804 g/mol. The van der Waals surface area contributed by atoms with Gasteiger partial charge in [-0.25, -0.2) is 4.57 Å². The number of amides is 1. The second kappa shape index (κ2) is 45.4. The average Bonchev–Trinajstić information content (AvgIpc) is 3.24. The summed E-state index contributed by atoms with van der Waals surface area (Å²) >= 11 is 0. The molecule has 0 radical (unpaired) electrons. The number of carbonyl (C=O) groups is 1. The van der Waals surface area contributed by atoms with Crippen molar-refractivity contribution in [3.05, 3.63) is 60.8 Å². The van der Waals surface area contributed by atoms with E-state index in [0.29, 0.717) is 17.4 Å². The number of quaternary nitrogens is 1. The van der Waals surface area contributed by atoms with E-state index in [1.807, 2.05) is 39.4 Å². The van der Waals surface area contributed by atoms with E-state index in [0.717, 1.165) is 44.9 Å². The first-order chi connectivity index (χ1) is 30.5. The first-order valence-corrected chi connectivity index (χ1v) is 27.7. The second-order valence-corrected chi connectivity index (χ2v) is 20.3. The number of phosphoric acid groups is 1. The number of aliphatic hydroxyl groups is 1. The molecule has 0 bridgehead atoms. The van der Waals surface area contributed by atoms with Gasteiger partial charge in [-0.3, -0.25) is 13.8 Å². The number of aliphatic hydroxyl groups excluding tert-OH is 1. The minimum atomic E-state index is -4.36. The van der Waals surface area contributed by atoms with Gasteiger partial charge >= 0.3 is 7.82 Å². The number of rotatable bonds is 47. The highest BCUT2D eigenvalue weighted by Gasteiger charge is 2.27. The summed E-state index contributed by atoms with van der Waals surface area (Å²) in [6.07, 6.45) is 60.6. The maximum Gasteiger partial charge on any atom is 0.472 e. The molecule has 1 amide bonds. The quantitative estimate of drug-likeness (QED) is 0.0243. The third-order valence-electron chi connectivity index (χ3n) is 11.5. The molecule has 0 heterocycles. The minimum absolute atomic E-state index is 0.0469. The molecule has 0 aliphatic heterocycles. The van der Waals surface area contributed by atoms with Crippen molar-refractivity contribution in [1.82, 2.24) is 5.32 Å². The number of hydrogen-bond donors (Lipinski definition) is 3. The minimum Gasteiger partial charge on any atom is -0.387 e. The molecule has 0 aromatic carbocycles. The van der Waals surface area contributed by atoms with Crippen LogP contribution in [0.1, 0.15) is 226 Å². The fraction of sp³-hybridized carbons (Fsp3) is 0.796. The molecule has 368 valence electrons. The largest absolute Gasteiger partial charge is 0.472 e. The van der Waals surface area contributed by atoms with E-state index in [4.69, 9.17) is 9.05 Å². The fourth-order valence-electron chi connectivity index (χ4n) is 7.41. The van der Waals surface area contributed by atoms with Crippen molar-refractivity contribution < 1.29 is 32.9 Å². The maximum absolute atomic E-state index is 12.8. The van der Waals surface area contributed by atoms with E-state index in [-0.39, 0.29) is 25.5 Å². The molecule has 9 heteroatoms. The van der Waals surface area contributed by atoms with Crippen molar-refractivity contribution >= 4 is 13.7 Å². The highest BCUT2D eigenvalue weighted by atomic mass is 31.2. The van der Waals surface area contributed by atoms with E-state index < -0.39 is 20.0 Å². The van der Waals surface area contributed by atoms with Gasteiger partial charge in [-0.15, -0.1) is 0 Å². The molecule has 0 saturated carbocycles. The summed E-state index contributed by atoms with van der Waals surface area (Å²) in [4.78, 5) is 23.1. The Morgan fingerprint density at radius 1 is 0.556 bits per heavy atom. The van der Waals surface area contributed by atoms with Crippen LogP contribution < -0.4 is 5.32 Å². The monoisotopic (exact) mass is 906 g/mol. The van der Waals surface area contributed by atoms with E-state index in [1.165, 1.54) is 154 Å². The summed E-state index contributed by atoms with van der Waals surface area (Å²) in [5, 5.41) is 13.8. The van der Waals surface area contributed by atoms with Crippen LogP contribution >= 0.6 is 7.82 Å². The summed E-state index contributed by atoms with van der Waals surface area (Å²) in [5.74, 6) is -0.257. The summed E-state index contributed by atoms with van der Waals surface area (Å²) in [6.45, 7) is 4.65. The van der Waals surface area contributed by atoms with Crippen LogP contribution in [-0.2, 0) is 18.4 Å². The highest BCUT2D eigenvalue weighted by molar-refractivity contribution is 7.47. The Morgan fingerprint density at radius 3 is 1.37 bits per heavy atom. The molecule has 63 heavy (non-hydrogen) atoms. The maximum atomic E-state index is 12.8. The summed E-state index contributed by atoms with van der Waals surface area (Å²) < 4.78 is 23.6. The molecule has 3 unspecified atom stereocenters. The fourth-order valence-corrected chi connectivity index (χ4v) is 8.14. The van der Waals surface area contributed by atoms with Crippen LogP contribution in [0.15, 0.2) is 60.8 Å². The second-order valence-electron chi connectivity index (χ2n) is 18.9. The zero-order chi connectivity index (χ0) is 46.4. The molecular formula is C54H102N2O6P+. The number of hydrogen-bond acceptors (Lipinski definition) is 5. The third kappa shape index (κ3) is 48.0. The lowest BCUT2D eigenvalue weighted by atomic mass is 10.0. The molecule has 0 aromatic rings. The van der Waals surface area contributed by atoms with Gasteiger partial charge in [0.1, 0.15) is 13.2 Å². The van der Waals surface area contributed by atoms with Gasteiger partial charge in [0.25, 0.3) is 0 Å². The van der Waals surface area contributed by atoms with Crippen LogP contribution in [0, 0.1) is 0 Å². The van der Waals surface area contributed by atoms with Gasteiger partial charge in [0.05, 0.1) is 39.9 Å². The van der Waals surface area contributed by atoms with E-state index >= 15 is 0 Å². The van der Waals surface area contributed by atoms with Crippen LogP contribution in [0.5, 0.6) is 0 Å². The average molecular weight is 906 g/mol. The Hall–Kier alpha value is -1.80. The van der Waals surface area contributed by atoms with Gasteiger partial charge in [0, 0.05) is 6.42 Å². The number of phosphoric ester groups is 1. The van der Waals surface area contributed by atoms with Gasteiger partial charge in [-0.05, 0) is 44.9 Å². The molecule has 3 N–H and O–H groups in total. The van der Waals surface area contributed by atoms with Gasteiger partial charge in [0.2, 0.25) is 5.91 Å². The summed E-state index contributed by atoms with van der Waals surface area (Å²) in [7, 11) is 1.53. The Morgan fingerprint density at radius 2 is 0.952 bits per heavy atom. The van der Waals surface area contributed by atoms with Crippen LogP contribution in [0.2, 0.25) is 0 Å². The van der Waals surface area contributed by atoms with Crippen LogP contribution in [0.4, 0.5) is 0 Å². The lowest BCUT2D eigenvalue weighted by Crippen LogP contribution is -2.45. The number of allylic oxidation sites excluding steroid dienone is 9. The standard InChI is InChI=1S/C54H101N2O6P/c1-6-8-10-12-14-16-18-20-21-22-23-24-25-26-27-28-29-30-31-32-33-34-36-37-39-41-43-45-47-53(57)52(51-62-63(59,60)61-50-49-56(3,4)5)55-54(58)48-46-44-42-40-38-35-19-17-15-13-11-9-7-2/h9,11,15,17,35,38,42,44-45,47,52-53,57H,6-8,10,12-14,16,18-34,36-37,39-41,43,46,48-51H2,1-5H3,(H-,55,58,59,60)/p+1/b11-9-,17-15-,38-35-,44-42-,47-45+. The SMILES string of the molecule is CC/C=C\C/C=C\C/C=C\C/C=C\CCC(=O)NC(COP(=O)(O)OCC[N+](C)(C)C)C(O)/C=C/CCCCCCCCCCCCCCCCCCCCCCCCCCCC. The van der Waals surface area contributed by atoms with E-state index in [2.05, 4.69) is 55.6 Å². The Balaban J connectivity index is 4.21. The predicted octanol–water partition coefficient (Wildman–Crippen LogP) is 15.4. The highest BCUT2D eigenvalue weighted by Crippen LogP contribution is 2.43. The lowest BCUT2D eigenvalue weighted by molar-refractivity contribution is -0.870. The van der Waals surface area contributed by atoms with Crippen LogP contribution in [0.25, 0.3) is 0 Å². The molecule has 0 saturated heterocycles. The van der Waals surface area contributed by atoms with Crippen LogP contribution in [0.3, 0.4) is 0 Å². The number of nitrogens with one attached hydrogen (secondary N) is 1. The van der Waals surface area contributed by atoms with Crippen molar-refractivity contribution in [1.29, 1.82) is 0 Å². The van der Waals surface area contributed by atoms with Gasteiger partial charge in [0.15, 0.2) is 0 Å². The molecule has 0 fully saturated rings. The van der Waals surface area contributed by atoms with Crippen LogP contribution in [-0.4, -0.2) is 73.4 Å². The van der Waals surface area contributed by atoms with Crippen molar-refractivity contribution in [2.45, 2.75) is 238 Å². The molecule has 3 atom stereocenters. The Labute approximate surface area is 390 Å². The molecule has 0 rings (SSSR count). The normalized spacial score (nSPS) is 14.6. The van der Waals surface area contributed by atoms with Gasteiger partial charge < -0.3 is 19.8 Å². The Bertz CT molecular complexity index is 1210. The number of likely N-dealkylation sites (N-methyl/N-ethyl adjacent to an activating group) is 1. The van der Waals surface area contributed by atoms with Crippen molar-refractivity contribution in [2.75, 3.05) is 40.9 Å². The van der Waals surface area contributed by atoms with E-state index in [1.54, 1.807) is 6.08 Å². The zero-order valence-electron chi connectivity index (χ0n) is 41.8. The molecule has 0 aliphatic carbocycles. The molecule has 0 spiro atoms. The van der Waals surface area contributed by atoms with Crippen molar-refractivity contribution in [3.63, 3.8) is 0 Å². The lowest BCUT2D eigenvalue weighted by Gasteiger charge is -2.25. The predicted molar refractivity (Wildman–Crippen MR) is 272 cm³/mol. The zero-order valence-corrected chi connectivity index (χ0v) is 42.7. The van der Waals surface area contributed by atoms with Gasteiger partial charge in [-0.2, -0.15) is 0 Å². The topological polar surface area (TPSA) is 105 Å². The molecule has 0 aliphatic rings. The van der Waals surface area contributed by atoms with Crippen molar-refractivity contribution in [3.8, 4) is 0 Å². The van der Waals surface area contributed by atoms with Gasteiger partial charge in [-0.1, -0.05) is 235 Å². The summed E-state index contributed by atoms with van der Waals surface area (Å²) in [6, 6.07) is -0.887. The molecule has 8 nitrogen and oxygen atoms in total.